The molecule has 1 saturated heterocycles. The van der Waals surface area contributed by atoms with Crippen LogP contribution in [-0.4, -0.2) is 23.9 Å². The fourth-order valence-electron chi connectivity index (χ4n) is 3.07. The van der Waals surface area contributed by atoms with E-state index in [2.05, 4.69) is 16.0 Å². The molecular weight excluding hydrogens is 322 g/mol. The van der Waals surface area contributed by atoms with Gasteiger partial charge in [0, 0.05) is 11.1 Å². The molecule has 2 aliphatic rings. The van der Waals surface area contributed by atoms with E-state index in [4.69, 9.17) is 4.74 Å². The Balaban J connectivity index is 1.59. The van der Waals surface area contributed by atoms with Crippen LogP contribution < -0.4 is 20.7 Å². The predicted octanol–water partition coefficient (Wildman–Crippen LogP) is 1.60. The third-order valence-electron chi connectivity index (χ3n) is 4.23. The van der Waals surface area contributed by atoms with Gasteiger partial charge in [0.2, 0.25) is 5.91 Å². The number of urea groups is 1. The van der Waals surface area contributed by atoms with Crippen LogP contribution in [0.25, 0.3) is 0 Å². The van der Waals surface area contributed by atoms with Crippen molar-refractivity contribution in [3.63, 3.8) is 0 Å². The molecule has 1 fully saturated rings. The lowest BCUT2D eigenvalue weighted by Crippen LogP contribution is -2.38. The Labute approximate surface area is 143 Å². The van der Waals surface area contributed by atoms with Crippen molar-refractivity contribution in [3.05, 3.63) is 59.7 Å². The zero-order valence-corrected chi connectivity index (χ0v) is 13.1. The molecular formula is C18H15N3O4. The highest BCUT2D eigenvalue weighted by Crippen LogP contribution is 2.42. The van der Waals surface area contributed by atoms with Gasteiger partial charge in [-0.1, -0.05) is 36.4 Å². The average Bonchev–Trinajstić information content (AvgIpc) is 2.91. The van der Waals surface area contributed by atoms with E-state index in [1.165, 1.54) is 0 Å². The SMILES string of the molecule is O=C(C[C@@H]1NC(=O)NC1=O)NC1c2ccccc2Oc2ccccc21. The maximum atomic E-state index is 12.5. The van der Waals surface area contributed by atoms with E-state index in [9.17, 15) is 14.4 Å². The third kappa shape index (κ3) is 2.80. The Kier molecular flexibility index (Phi) is 3.61. The lowest BCUT2D eigenvalue weighted by Gasteiger charge is -2.29. The molecule has 0 saturated carbocycles. The van der Waals surface area contributed by atoms with Crippen molar-refractivity contribution in [2.24, 2.45) is 0 Å². The van der Waals surface area contributed by atoms with Gasteiger partial charge in [-0.3, -0.25) is 14.9 Å². The van der Waals surface area contributed by atoms with Gasteiger partial charge in [0.05, 0.1) is 12.5 Å². The first-order valence-electron chi connectivity index (χ1n) is 7.88. The van der Waals surface area contributed by atoms with Crippen LogP contribution in [0.15, 0.2) is 48.5 Å². The summed E-state index contributed by atoms with van der Waals surface area (Å²) in [6.45, 7) is 0. The standard InChI is InChI=1S/C18H15N3O4/c22-15(9-12-17(23)21-18(24)19-12)20-16-10-5-1-3-7-13(10)25-14-8-4-2-6-11(14)16/h1-8,12,16H,9H2,(H,20,22)(H2,19,21,23,24)/t12-/m0/s1. The maximum Gasteiger partial charge on any atom is 0.322 e. The molecule has 0 bridgehead atoms. The number of fused-ring (bicyclic) bond motifs is 2. The van der Waals surface area contributed by atoms with E-state index in [1.807, 2.05) is 48.5 Å². The number of rotatable bonds is 3. The molecule has 7 heteroatoms. The van der Waals surface area contributed by atoms with E-state index >= 15 is 0 Å². The molecule has 1 atom stereocenters. The van der Waals surface area contributed by atoms with Crippen LogP contribution in [0, 0.1) is 0 Å². The number of amides is 4. The summed E-state index contributed by atoms with van der Waals surface area (Å²) in [6, 6.07) is 13.1. The summed E-state index contributed by atoms with van der Waals surface area (Å²) < 4.78 is 5.88. The van der Waals surface area contributed by atoms with Crippen molar-refractivity contribution in [2.45, 2.75) is 18.5 Å². The molecule has 0 aromatic heterocycles. The lowest BCUT2D eigenvalue weighted by molar-refractivity contribution is -0.126. The molecule has 0 radical (unpaired) electrons. The maximum absolute atomic E-state index is 12.5. The fourth-order valence-corrected chi connectivity index (χ4v) is 3.07. The monoisotopic (exact) mass is 337 g/mol. The minimum absolute atomic E-state index is 0.126. The molecule has 0 spiro atoms. The number of para-hydroxylation sites is 2. The molecule has 0 unspecified atom stereocenters. The fraction of sp³-hybridized carbons (Fsp3) is 0.167. The van der Waals surface area contributed by atoms with Gasteiger partial charge in [0.1, 0.15) is 17.5 Å². The molecule has 2 aromatic carbocycles. The minimum atomic E-state index is -0.849. The van der Waals surface area contributed by atoms with Crippen LogP contribution in [0.4, 0.5) is 4.79 Å². The smallest absolute Gasteiger partial charge is 0.322 e. The highest BCUT2D eigenvalue weighted by atomic mass is 16.5. The molecule has 2 aliphatic heterocycles. The normalized spacial score (nSPS) is 18.5. The molecule has 4 rings (SSSR count). The molecule has 0 aliphatic carbocycles. The summed E-state index contributed by atoms with van der Waals surface area (Å²) in [5, 5.41) is 7.49. The third-order valence-corrected chi connectivity index (χ3v) is 4.23. The molecule has 3 N–H and O–H groups in total. The van der Waals surface area contributed by atoms with Crippen molar-refractivity contribution >= 4 is 17.8 Å². The summed E-state index contributed by atoms with van der Waals surface area (Å²) >= 11 is 0. The number of carbonyl (C=O) groups is 3. The van der Waals surface area contributed by atoms with Crippen LogP contribution in [0.1, 0.15) is 23.6 Å². The van der Waals surface area contributed by atoms with Crippen LogP contribution >= 0.6 is 0 Å². The number of nitrogens with one attached hydrogen (secondary N) is 3. The first-order chi connectivity index (χ1) is 12.1. The number of benzene rings is 2. The molecule has 7 nitrogen and oxygen atoms in total. The zero-order chi connectivity index (χ0) is 17.4. The number of ether oxygens (including phenoxy) is 1. The lowest BCUT2D eigenvalue weighted by atomic mass is 9.94. The highest BCUT2D eigenvalue weighted by Gasteiger charge is 2.33. The average molecular weight is 337 g/mol. The van der Waals surface area contributed by atoms with Gasteiger partial charge in [0.25, 0.3) is 5.91 Å². The highest BCUT2D eigenvalue weighted by molar-refractivity contribution is 6.05. The van der Waals surface area contributed by atoms with Crippen LogP contribution in [0.3, 0.4) is 0 Å². The van der Waals surface area contributed by atoms with E-state index in [-0.39, 0.29) is 18.4 Å². The molecule has 25 heavy (non-hydrogen) atoms. The quantitative estimate of drug-likeness (QED) is 0.741. The van der Waals surface area contributed by atoms with Crippen LogP contribution in [-0.2, 0) is 9.59 Å². The summed E-state index contributed by atoms with van der Waals surface area (Å²) in [6.07, 6.45) is -0.126. The number of imide groups is 1. The summed E-state index contributed by atoms with van der Waals surface area (Å²) in [5.74, 6) is 0.531. The van der Waals surface area contributed by atoms with Gasteiger partial charge in [-0.05, 0) is 12.1 Å². The molecule has 2 heterocycles. The second kappa shape index (κ2) is 5.94. The molecule has 2 aromatic rings. The number of hydrogen-bond acceptors (Lipinski definition) is 4. The van der Waals surface area contributed by atoms with Gasteiger partial charge in [0.15, 0.2) is 0 Å². The van der Waals surface area contributed by atoms with Gasteiger partial charge >= 0.3 is 6.03 Å². The summed E-state index contributed by atoms with van der Waals surface area (Å²) in [5.41, 5.74) is 1.68. The Morgan fingerprint density at radius 1 is 1.00 bits per heavy atom. The van der Waals surface area contributed by atoms with Gasteiger partial charge in [-0.2, -0.15) is 0 Å². The summed E-state index contributed by atoms with van der Waals surface area (Å²) in [7, 11) is 0. The summed E-state index contributed by atoms with van der Waals surface area (Å²) in [4.78, 5) is 35.2. The Hall–Kier alpha value is -3.35. The van der Waals surface area contributed by atoms with E-state index in [1.54, 1.807) is 0 Å². The van der Waals surface area contributed by atoms with Crippen LogP contribution in [0.2, 0.25) is 0 Å². The predicted molar refractivity (Wildman–Crippen MR) is 88.0 cm³/mol. The van der Waals surface area contributed by atoms with E-state index in [0.717, 1.165) is 11.1 Å². The Morgan fingerprint density at radius 3 is 2.16 bits per heavy atom. The van der Waals surface area contributed by atoms with Crippen molar-refractivity contribution in [3.8, 4) is 11.5 Å². The first-order valence-corrected chi connectivity index (χ1v) is 7.88. The van der Waals surface area contributed by atoms with Crippen molar-refractivity contribution in [1.82, 2.24) is 16.0 Å². The molecule has 126 valence electrons. The topological polar surface area (TPSA) is 96.5 Å². The second-order valence-corrected chi connectivity index (χ2v) is 5.90. The first kappa shape index (κ1) is 15.2. The van der Waals surface area contributed by atoms with Gasteiger partial charge < -0.3 is 15.4 Å². The largest absolute Gasteiger partial charge is 0.457 e. The number of hydrogen-bond donors (Lipinski definition) is 3. The van der Waals surface area contributed by atoms with Gasteiger partial charge in [-0.25, -0.2) is 4.79 Å². The van der Waals surface area contributed by atoms with Crippen molar-refractivity contribution in [2.75, 3.05) is 0 Å². The van der Waals surface area contributed by atoms with Gasteiger partial charge in [-0.15, -0.1) is 0 Å². The Bertz CT molecular complexity index is 835. The zero-order valence-electron chi connectivity index (χ0n) is 13.1. The van der Waals surface area contributed by atoms with Crippen molar-refractivity contribution < 1.29 is 19.1 Å². The van der Waals surface area contributed by atoms with Crippen LogP contribution in [0.5, 0.6) is 11.5 Å². The van der Waals surface area contributed by atoms with Crippen molar-refractivity contribution in [1.29, 1.82) is 0 Å². The van der Waals surface area contributed by atoms with E-state index in [0.29, 0.717) is 11.5 Å². The number of carbonyl (C=O) groups excluding carboxylic acids is 3. The second-order valence-electron chi connectivity index (χ2n) is 5.90. The molecule has 4 amide bonds. The van der Waals surface area contributed by atoms with E-state index < -0.39 is 18.0 Å². The minimum Gasteiger partial charge on any atom is -0.457 e. The Morgan fingerprint density at radius 2 is 1.60 bits per heavy atom.